The van der Waals surface area contributed by atoms with E-state index in [1.165, 1.54) is 15.3 Å². The Bertz CT molecular complexity index is 1190. The normalized spacial score (nSPS) is 16.7. The van der Waals surface area contributed by atoms with Crippen molar-refractivity contribution < 1.29 is 18.8 Å². The average Bonchev–Trinajstić information content (AvgIpc) is 3.29. The number of rotatable bonds is 10. The third-order valence-electron chi connectivity index (χ3n) is 7.24. The first-order valence-corrected chi connectivity index (χ1v) is 15.1. The van der Waals surface area contributed by atoms with Gasteiger partial charge in [0.05, 0.1) is 6.04 Å². The van der Waals surface area contributed by atoms with Crippen LogP contribution in [-0.2, 0) is 20.4 Å². The highest BCUT2D eigenvalue weighted by Crippen LogP contribution is 2.37. The zero-order valence-corrected chi connectivity index (χ0v) is 23.5. The molecule has 1 saturated heterocycles. The summed E-state index contributed by atoms with van der Waals surface area (Å²) in [6.45, 7) is 11.2. The molecule has 0 radical (unpaired) electrons. The van der Waals surface area contributed by atoms with Gasteiger partial charge in [0.25, 0.3) is 8.32 Å². The molecule has 0 aromatic heterocycles. The molecule has 198 valence electrons. The van der Waals surface area contributed by atoms with E-state index >= 15 is 0 Å². The Labute approximate surface area is 227 Å². The maximum absolute atomic E-state index is 13.4. The van der Waals surface area contributed by atoms with E-state index < -0.39 is 14.4 Å². The van der Waals surface area contributed by atoms with Crippen molar-refractivity contribution in [2.45, 2.75) is 44.7 Å². The molecule has 0 spiro atoms. The van der Waals surface area contributed by atoms with Crippen molar-refractivity contribution in [1.29, 1.82) is 0 Å². The van der Waals surface area contributed by atoms with Gasteiger partial charge in [0.15, 0.2) is 0 Å². The van der Waals surface area contributed by atoms with Gasteiger partial charge in [0, 0.05) is 18.9 Å². The van der Waals surface area contributed by atoms with Crippen LogP contribution < -0.4 is 10.4 Å². The van der Waals surface area contributed by atoms with Crippen LogP contribution in [0.5, 0.6) is 0 Å². The van der Waals surface area contributed by atoms with E-state index in [2.05, 4.69) is 75.9 Å². The second-order valence-electron chi connectivity index (χ2n) is 10.9. The van der Waals surface area contributed by atoms with E-state index in [0.29, 0.717) is 13.0 Å². The first-order valence-electron chi connectivity index (χ1n) is 13.2. The number of hydrogen-bond donors (Lipinski definition) is 0. The standard InChI is InChI=1S/C32H37NO4Si/c1-5-25(22-30(34)33-27(24-36-31(33)35)21-26-15-9-6-10-16-26)23-37-38(32(2,3)4,28-17-11-7-12-18-28)29-19-13-8-14-20-29/h5-20,25,27H,1,21-24H2,2-4H3/t25-,27+/m1/s1. The highest BCUT2D eigenvalue weighted by molar-refractivity contribution is 6.99. The van der Waals surface area contributed by atoms with Gasteiger partial charge in [-0.25, -0.2) is 9.69 Å². The quantitative estimate of drug-likeness (QED) is 0.264. The molecule has 2 amide bonds. The van der Waals surface area contributed by atoms with Crippen LogP contribution in [0.25, 0.3) is 0 Å². The summed E-state index contributed by atoms with van der Waals surface area (Å²) < 4.78 is 12.3. The highest BCUT2D eigenvalue weighted by atomic mass is 28.4. The molecule has 2 atom stereocenters. The number of imide groups is 1. The predicted molar refractivity (Wildman–Crippen MR) is 154 cm³/mol. The Balaban J connectivity index is 1.55. The molecule has 1 aliphatic heterocycles. The smallest absolute Gasteiger partial charge is 0.416 e. The van der Waals surface area contributed by atoms with Crippen molar-refractivity contribution in [3.63, 3.8) is 0 Å². The van der Waals surface area contributed by atoms with Crippen LogP contribution in [0.15, 0.2) is 104 Å². The summed E-state index contributed by atoms with van der Waals surface area (Å²) >= 11 is 0. The van der Waals surface area contributed by atoms with Crippen molar-refractivity contribution in [1.82, 2.24) is 4.90 Å². The van der Waals surface area contributed by atoms with Crippen LogP contribution in [0.2, 0.25) is 5.04 Å². The summed E-state index contributed by atoms with van der Waals surface area (Å²) in [5.74, 6) is -0.515. The Morgan fingerprint density at radius 1 is 1.00 bits per heavy atom. The lowest BCUT2D eigenvalue weighted by molar-refractivity contribution is -0.130. The summed E-state index contributed by atoms with van der Waals surface area (Å²) in [7, 11) is -2.75. The Morgan fingerprint density at radius 3 is 2.03 bits per heavy atom. The molecule has 0 aliphatic carbocycles. The van der Waals surface area contributed by atoms with Crippen molar-refractivity contribution >= 4 is 30.7 Å². The summed E-state index contributed by atoms with van der Waals surface area (Å²) in [5.41, 5.74) is 1.06. The number of carbonyl (C=O) groups is 2. The minimum atomic E-state index is -2.75. The summed E-state index contributed by atoms with van der Waals surface area (Å²) in [5, 5.41) is 2.18. The second-order valence-corrected chi connectivity index (χ2v) is 15.2. The number of carbonyl (C=O) groups excluding carboxylic acids is 2. The lowest BCUT2D eigenvalue weighted by Crippen LogP contribution is -2.66. The molecule has 0 N–H and O–H groups in total. The molecule has 6 heteroatoms. The van der Waals surface area contributed by atoms with Gasteiger partial charge in [-0.15, -0.1) is 6.58 Å². The van der Waals surface area contributed by atoms with E-state index in [1.807, 2.05) is 42.5 Å². The van der Waals surface area contributed by atoms with Gasteiger partial charge in [-0.2, -0.15) is 0 Å². The van der Waals surface area contributed by atoms with Crippen LogP contribution >= 0.6 is 0 Å². The number of amides is 2. The second kappa shape index (κ2) is 11.9. The molecule has 38 heavy (non-hydrogen) atoms. The van der Waals surface area contributed by atoms with E-state index in [0.717, 1.165) is 5.56 Å². The third-order valence-corrected chi connectivity index (χ3v) is 12.2. The van der Waals surface area contributed by atoms with Crippen molar-refractivity contribution in [2.24, 2.45) is 5.92 Å². The average molecular weight is 528 g/mol. The topological polar surface area (TPSA) is 55.8 Å². The molecule has 0 unspecified atom stereocenters. The predicted octanol–water partition coefficient (Wildman–Crippen LogP) is 5.35. The monoisotopic (exact) mass is 527 g/mol. The van der Waals surface area contributed by atoms with Crippen molar-refractivity contribution in [3.05, 3.63) is 109 Å². The maximum Gasteiger partial charge on any atom is 0.416 e. The van der Waals surface area contributed by atoms with Crippen LogP contribution in [-0.4, -0.2) is 44.5 Å². The van der Waals surface area contributed by atoms with Crippen LogP contribution in [0.4, 0.5) is 4.79 Å². The van der Waals surface area contributed by atoms with E-state index in [1.54, 1.807) is 6.08 Å². The molecule has 1 heterocycles. The molecule has 4 rings (SSSR count). The number of cyclic esters (lactones) is 1. The Kier molecular flexibility index (Phi) is 8.64. The maximum atomic E-state index is 13.4. The van der Waals surface area contributed by atoms with Gasteiger partial charge in [0.1, 0.15) is 6.61 Å². The van der Waals surface area contributed by atoms with Gasteiger partial charge in [-0.1, -0.05) is 118 Å². The lowest BCUT2D eigenvalue weighted by atomic mass is 10.0. The zero-order chi connectivity index (χ0) is 27.2. The van der Waals surface area contributed by atoms with E-state index in [-0.39, 0.29) is 35.9 Å². The fourth-order valence-corrected chi connectivity index (χ4v) is 9.95. The van der Waals surface area contributed by atoms with Gasteiger partial charge >= 0.3 is 6.09 Å². The van der Waals surface area contributed by atoms with E-state index in [4.69, 9.17) is 9.16 Å². The van der Waals surface area contributed by atoms with Crippen LogP contribution in [0.1, 0.15) is 32.8 Å². The Hall–Kier alpha value is -3.48. The first kappa shape index (κ1) is 27.5. The zero-order valence-electron chi connectivity index (χ0n) is 22.5. The number of nitrogens with zero attached hydrogens (tertiary/aromatic N) is 1. The van der Waals surface area contributed by atoms with Crippen LogP contribution in [0, 0.1) is 5.92 Å². The largest absolute Gasteiger partial charge is 0.447 e. The molecule has 3 aromatic rings. The number of benzene rings is 3. The first-order chi connectivity index (χ1) is 18.3. The van der Waals surface area contributed by atoms with Gasteiger partial charge in [-0.3, -0.25) is 4.79 Å². The van der Waals surface area contributed by atoms with Crippen LogP contribution in [0.3, 0.4) is 0 Å². The van der Waals surface area contributed by atoms with Crippen molar-refractivity contribution in [3.8, 4) is 0 Å². The molecule has 3 aromatic carbocycles. The van der Waals surface area contributed by atoms with Gasteiger partial charge in [0.2, 0.25) is 5.91 Å². The molecule has 0 saturated carbocycles. The Morgan fingerprint density at radius 2 is 1.53 bits per heavy atom. The molecule has 5 nitrogen and oxygen atoms in total. The SMILES string of the molecule is C=C[C@@H](CO[Si](c1ccccc1)(c1ccccc1)C(C)(C)C)CC(=O)N1C(=O)OC[C@@H]1Cc1ccccc1. The molecule has 1 fully saturated rings. The van der Waals surface area contributed by atoms with Crippen molar-refractivity contribution in [2.75, 3.05) is 13.2 Å². The van der Waals surface area contributed by atoms with Gasteiger partial charge in [-0.05, 0) is 27.4 Å². The number of ether oxygens (including phenoxy) is 1. The molecule has 0 bridgehead atoms. The summed E-state index contributed by atoms with van der Waals surface area (Å²) in [4.78, 5) is 27.2. The number of hydrogen-bond acceptors (Lipinski definition) is 4. The minimum Gasteiger partial charge on any atom is -0.447 e. The van der Waals surface area contributed by atoms with E-state index in [9.17, 15) is 9.59 Å². The fraction of sp³-hybridized carbons (Fsp3) is 0.312. The lowest BCUT2D eigenvalue weighted by Gasteiger charge is -2.43. The molecular formula is C32H37NO4Si. The minimum absolute atomic E-state index is 0.127. The summed E-state index contributed by atoms with van der Waals surface area (Å²) in [6.07, 6.45) is 1.88. The molecule has 1 aliphatic rings. The third kappa shape index (κ3) is 5.82. The van der Waals surface area contributed by atoms with Gasteiger partial charge < -0.3 is 9.16 Å². The highest BCUT2D eigenvalue weighted by Gasteiger charge is 2.50. The summed E-state index contributed by atoms with van der Waals surface area (Å²) in [6, 6.07) is 30.3. The molecular weight excluding hydrogens is 490 g/mol. The fourth-order valence-electron chi connectivity index (χ4n) is 5.33.